The lowest BCUT2D eigenvalue weighted by Crippen LogP contribution is -2.56. The van der Waals surface area contributed by atoms with Gasteiger partial charge >= 0.3 is 6.18 Å². The monoisotopic (exact) mass is 351 g/mol. The summed E-state index contributed by atoms with van der Waals surface area (Å²) in [5, 5.41) is 2.59. The van der Waals surface area contributed by atoms with Crippen molar-refractivity contribution in [2.75, 3.05) is 13.1 Å². The summed E-state index contributed by atoms with van der Waals surface area (Å²) in [6, 6.07) is 0.618. The van der Waals surface area contributed by atoms with E-state index in [1.165, 1.54) is 0 Å². The molecule has 1 aromatic heterocycles. The molecule has 1 saturated heterocycles. The van der Waals surface area contributed by atoms with Gasteiger partial charge in [0.2, 0.25) is 15.9 Å². The van der Waals surface area contributed by atoms with E-state index in [-0.39, 0.29) is 18.0 Å². The van der Waals surface area contributed by atoms with E-state index in [0.29, 0.717) is 25.1 Å². The molecule has 1 N–H and O–H groups in total. The van der Waals surface area contributed by atoms with Crippen LogP contribution in [-0.2, 0) is 21.0 Å². The fourth-order valence-corrected chi connectivity index (χ4v) is 3.93. The van der Waals surface area contributed by atoms with E-state index in [9.17, 15) is 26.4 Å². The predicted octanol–water partition coefficient (Wildman–Crippen LogP) is 1.39. The number of nitrogens with zero attached hydrogens (tertiary/aromatic N) is 2. The van der Waals surface area contributed by atoms with Crippen LogP contribution in [0.25, 0.3) is 0 Å². The molecule has 128 valence electrons. The van der Waals surface area contributed by atoms with Gasteiger partial charge in [0.1, 0.15) is 16.6 Å². The van der Waals surface area contributed by atoms with Gasteiger partial charge in [0.05, 0.1) is 0 Å². The lowest BCUT2D eigenvalue weighted by Gasteiger charge is -2.33. The first-order chi connectivity index (χ1) is 10.7. The predicted molar refractivity (Wildman–Crippen MR) is 74.8 cm³/mol. The average Bonchev–Trinajstić information content (AvgIpc) is 2.48. The Morgan fingerprint density at radius 2 is 2.09 bits per heavy atom. The molecular weight excluding hydrogens is 335 g/mol. The second-order valence-electron chi connectivity index (χ2n) is 5.09. The number of carbonyl (C=O) groups excluding carboxylic acids is 1. The minimum absolute atomic E-state index is 0.0692. The van der Waals surface area contributed by atoms with Gasteiger partial charge in [-0.25, -0.2) is 8.42 Å². The number of amides is 1. The Morgan fingerprint density at radius 1 is 1.39 bits per heavy atom. The number of halogens is 3. The quantitative estimate of drug-likeness (QED) is 0.889. The molecule has 0 saturated carbocycles. The van der Waals surface area contributed by atoms with Crippen molar-refractivity contribution in [1.82, 2.24) is 14.6 Å². The van der Waals surface area contributed by atoms with Crippen LogP contribution < -0.4 is 5.32 Å². The number of nitrogens with one attached hydrogen (secondary N) is 1. The number of rotatable bonds is 4. The molecule has 0 bridgehead atoms. The maximum absolute atomic E-state index is 12.6. The Bertz CT molecular complexity index is 674. The van der Waals surface area contributed by atoms with Crippen LogP contribution in [0, 0.1) is 0 Å². The van der Waals surface area contributed by atoms with Crippen molar-refractivity contribution >= 4 is 15.9 Å². The number of pyridine rings is 1. The first kappa shape index (κ1) is 17.7. The van der Waals surface area contributed by atoms with Crippen molar-refractivity contribution in [2.24, 2.45) is 0 Å². The molecule has 0 unspecified atom stereocenters. The fraction of sp³-hybridized carbons (Fsp3) is 0.538. The maximum Gasteiger partial charge on any atom is 0.433 e. The first-order valence-electron chi connectivity index (χ1n) is 7.00. The molecule has 0 spiro atoms. The third kappa shape index (κ3) is 3.63. The SMILES string of the molecule is CCC[C@@H]1C(=O)NCCN1S(=O)(=O)c1ccc(C(F)(F)F)nc1. The van der Waals surface area contributed by atoms with Gasteiger partial charge in [-0.05, 0) is 18.6 Å². The molecule has 2 heterocycles. The minimum Gasteiger partial charge on any atom is -0.353 e. The Labute approximate surface area is 131 Å². The van der Waals surface area contributed by atoms with Gasteiger partial charge in [0.15, 0.2) is 0 Å². The number of alkyl halides is 3. The normalized spacial score (nSPS) is 20.3. The van der Waals surface area contributed by atoms with Crippen molar-refractivity contribution < 1.29 is 26.4 Å². The van der Waals surface area contributed by atoms with Gasteiger partial charge in [-0.2, -0.15) is 17.5 Å². The highest BCUT2D eigenvalue weighted by molar-refractivity contribution is 7.89. The zero-order valence-electron chi connectivity index (χ0n) is 12.3. The van der Waals surface area contributed by atoms with Gasteiger partial charge < -0.3 is 5.32 Å². The molecule has 6 nitrogen and oxygen atoms in total. The van der Waals surface area contributed by atoms with Crippen molar-refractivity contribution in [1.29, 1.82) is 0 Å². The van der Waals surface area contributed by atoms with E-state index in [4.69, 9.17) is 0 Å². The van der Waals surface area contributed by atoms with Crippen LogP contribution >= 0.6 is 0 Å². The summed E-state index contributed by atoms with van der Waals surface area (Å²) in [7, 11) is -4.09. The van der Waals surface area contributed by atoms with Crippen molar-refractivity contribution in [3.63, 3.8) is 0 Å². The standard InChI is InChI=1S/C13H16F3N3O3S/c1-2-3-10-12(20)17-6-7-19(10)23(21,22)9-4-5-11(18-8-9)13(14,15)16/h4-5,8,10H,2-3,6-7H2,1H3,(H,17,20)/t10-/m1/s1. The lowest BCUT2D eigenvalue weighted by molar-refractivity contribution is -0.141. The summed E-state index contributed by atoms with van der Waals surface area (Å²) in [5.74, 6) is -0.401. The lowest BCUT2D eigenvalue weighted by atomic mass is 10.1. The molecule has 1 aliphatic rings. The average molecular weight is 351 g/mol. The second kappa shape index (κ2) is 6.44. The summed E-state index contributed by atoms with van der Waals surface area (Å²) in [5.41, 5.74) is -1.17. The molecule has 0 radical (unpaired) electrons. The Hall–Kier alpha value is -1.68. The Balaban J connectivity index is 2.34. The molecular formula is C13H16F3N3O3S. The summed E-state index contributed by atoms with van der Waals surface area (Å²) >= 11 is 0. The molecule has 23 heavy (non-hydrogen) atoms. The van der Waals surface area contributed by atoms with Crippen LogP contribution in [0.4, 0.5) is 13.2 Å². The fourth-order valence-electron chi connectivity index (χ4n) is 2.37. The molecule has 1 amide bonds. The van der Waals surface area contributed by atoms with E-state index in [0.717, 1.165) is 10.4 Å². The first-order valence-corrected chi connectivity index (χ1v) is 8.44. The van der Waals surface area contributed by atoms with Crippen LogP contribution in [0.15, 0.2) is 23.2 Å². The van der Waals surface area contributed by atoms with E-state index in [2.05, 4.69) is 10.3 Å². The van der Waals surface area contributed by atoms with Crippen LogP contribution in [0.1, 0.15) is 25.5 Å². The minimum atomic E-state index is -4.64. The van der Waals surface area contributed by atoms with Crippen molar-refractivity contribution in [3.8, 4) is 0 Å². The Morgan fingerprint density at radius 3 is 2.61 bits per heavy atom. The molecule has 1 fully saturated rings. The molecule has 1 aromatic rings. The summed E-state index contributed by atoms with van der Waals surface area (Å²) in [6.45, 7) is 2.04. The van der Waals surface area contributed by atoms with Crippen molar-refractivity contribution in [3.05, 3.63) is 24.0 Å². The van der Waals surface area contributed by atoms with Crippen LogP contribution in [0.5, 0.6) is 0 Å². The smallest absolute Gasteiger partial charge is 0.353 e. The summed E-state index contributed by atoms with van der Waals surface area (Å²) < 4.78 is 63.8. The number of sulfonamides is 1. The largest absolute Gasteiger partial charge is 0.433 e. The van der Waals surface area contributed by atoms with Gasteiger partial charge in [-0.3, -0.25) is 9.78 Å². The van der Waals surface area contributed by atoms with Gasteiger partial charge in [0, 0.05) is 19.3 Å². The number of carbonyl (C=O) groups is 1. The van der Waals surface area contributed by atoms with Crippen LogP contribution in [0.2, 0.25) is 0 Å². The number of aromatic nitrogens is 1. The van der Waals surface area contributed by atoms with E-state index >= 15 is 0 Å². The number of hydrogen-bond acceptors (Lipinski definition) is 4. The van der Waals surface area contributed by atoms with E-state index in [1.807, 2.05) is 6.92 Å². The van der Waals surface area contributed by atoms with Crippen LogP contribution in [-0.4, -0.2) is 42.7 Å². The molecule has 0 aliphatic carbocycles. The van der Waals surface area contributed by atoms with Gasteiger partial charge in [-0.1, -0.05) is 13.3 Å². The maximum atomic E-state index is 12.6. The zero-order valence-corrected chi connectivity index (χ0v) is 13.1. The summed E-state index contributed by atoms with van der Waals surface area (Å²) in [4.78, 5) is 14.7. The van der Waals surface area contributed by atoms with E-state index in [1.54, 1.807) is 0 Å². The van der Waals surface area contributed by atoms with E-state index < -0.39 is 33.8 Å². The second-order valence-corrected chi connectivity index (χ2v) is 6.98. The zero-order chi connectivity index (χ0) is 17.3. The number of hydrogen-bond donors (Lipinski definition) is 1. The Kier molecular flexibility index (Phi) is 4.95. The van der Waals surface area contributed by atoms with Crippen LogP contribution in [0.3, 0.4) is 0 Å². The molecule has 2 rings (SSSR count). The van der Waals surface area contributed by atoms with Gasteiger partial charge in [-0.15, -0.1) is 0 Å². The highest BCUT2D eigenvalue weighted by Crippen LogP contribution is 2.29. The van der Waals surface area contributed by atoms with Gasteiger partial charge in [0.25, 0.3) is 0 Å². The molecule has 0 aromatic carbocycles. The summed E-state index contributed by atoms with van der Waals surface area (Å²) in [6.07, 6.45) is -3.04. The van der Waals surface area contributed by atoms with Crippen molar-refractivity contribution in [2.45, 2.75) is 36.9 Å². The third-order valence-electron chi connectivity index (χ3n) is 3.48. The highest BCUT2D eigenvalue weighted by atomic mass is 32.2. The molecule has 10 heteroatoms. The highest BCUT2D eigenvalue weighted by Gasteiger charge is 2.38. The third-order valence-corrected chi connectivity index (χ3v) is 5.37. The molecule has 1 atom stereocenters. The number of piperazine rings is 1. The topological polar surface area (TPSA) is 79.4 Å². The molecule has 1 aliphatic heterocycles.